The van der Waals surface area contributed by atoms with Gasteiger partial charge >= 0.3 is 0 Å². The summed E-state index contributed by atoms with van der Waals surface area (Å²) in [5.41, 5.74) is 0. The van der Waals surface area contributed by atoms with Crippen LogP contribution in [0.3, 0.4) is 0 Å². The topological polar surface area (TPSA) is 12.4 Å². The van der Waals surface area contributed by atoms with Gasteiger partial charge in [-0.15, -0.1) is 0 Å². The summed E-state index contributed by atoms with van der Waals surface area (Å²) >= 11 is 3.89. The van der Waals surface area contributed by atoms with Gasteiger partial charge in [0.25, 0.3) is 8.24 Å². The van der Waals surface area contributed by atoms with Gasteiger partial charge in [0.2, 0.25) is 0 Å². The first-order valence-corrected chi connectivity index (χ1v) is 14.6. The van der Waals surface area contributed by atoms with Crippen molar-refractivity contribution in [3.8, 4) is 0 Å². The number of hydrogen-bond donors (Lipinski definition) is 0. The number of benzene rings is 3. The Morgan fingerprint density at radius 3 is 1.17 bits per heavy atom. The van der Waals surface area contributed by atoms with Crippen molar-refractivity contribution in [1.82, 2.24) is 0 Å². The van der Waals surface area contributed by atoms with Crippen LogP contribution in [0.1, 0.15) is 0 Å². The summed E-state index contributed by atoms with van der Waals surface area (Å²) in [6.45, 7) is 4.45. The van der Waals surface area contributed by atoms with Gasteiger partial charge in [0.1, 0.15) is 0 Å². The second kappa shape index (κ2) is 7.22. The summed E-state index contributed by atoms with van der Waals surface area (Å²) in [6.07, 6.45) is 0. The van der Waals surface area contributed by atoms with Gasteiger partial charge in [0.05, 0.1) is 0 Å². The first-order valence-electron chi connectivity index (χ1n) is 7.97. The number of hydrogen-bond acceptors (Lipinski definition) is 1. The molecule has 0 atom stereocenters. The molecule has 0 aliphatic carbocycles. The molecule has 3 aromatic carbocycles. The molecule has 1 nitrogen and oxygen atoms in total. The fraction of sp³-hybridized carbons (Fsp3) is 0.100. The Labute approximate surface area is 153 Å². The molecule has 0 aliphatic rings. The molecule has 0 amide bonds. The van der Waals surface area contributed by atoms with Gasteiger partial charge in [0, 0.05) is 5.76 Å². The molecule has 3 rings (SSSR count). The van der Waals surface area contributed by atoms with Crippen LogP contribution in [0, 0.1) is 0 Å². The second-order valence-electron chi connectivity index (χ2n) is 6.17. The average Bonchev–Trinajstić information content (AvgIpc) is 2.61. The minimum absolute atomic E-state index is 1.33. The predicted molar refractivity (Wildman–Crippen MR) is 114 cm³/mol. The van der Waals surface area contributed by atoms with Crippen molar-refractivity contribution in [2.24, 2.45) is 4.41 Å². The molecule has 0 radical (unpaired) electrons. The van der Waals surface area contributed by atoms with E-state index in [1.165, 1.54) is 15.6 Å². The van der Waals surface area contributed by atoms with Gasteiger partial charge in [-0.3, -0.25) is 0 Å². The van der Waals surface area contributed by atoms with Crippen LogP contribution in [0.15, 0.2) is 95.4 Å². The van der Waals surface area contributed by atoms with Crippen LogP contribution in [0.4, 0.5) is 0 Å². The predicted octanol–water partition coefficient (Wildman–Crippen LogP) is 4.42. The quantitative estimate of drug-likeness (QED) is 0.341. The first kappa shape index (κ1) is 17.4. The van der Waals surface area contributed by atoms with Crippen LogP contribution >= 0.6 is 21.2 Å². The van der Waals surface area contributed by atoms with E-state index >= 15 is 0 Å². The molecule has 122 valence electrons. The van der Waals surface area contributed by atoms with Gasteiger partial charge in [-0.25, -0.2) is 0 Å². The molecule has 0 bridgehead atoms. The second-order valence-corrected chi connectivity index (χ2v) is 17.9. The van der Waals surface area contributed by atoms with Crippen LogP contribution in [0.5, 0.6) is 0 Å². The van der Waals surface area contributed by atoms with Crippen LogP contribution in [0.2, 0.25) is 0 Å². The van der Waals surface area contributed by atoms with Gasteiger partial charge in [0.15, 0.2) is 0 Å². The van der Waals surface area contributed by atoms with E-state index in [-0.39, 0.29) is 0 Å². The summed E-state index contributed by atoms with van der Waals surface area (Å²) in [6, 6.07) is 32.4. The number of rotatable bonds is 4. The normalized spacial score (nSPS) is 12.0. The molecule has 0 spiro atoms. The molecule has 0 heterocycles. The lowest BCUT2D eigenvalue weighted by molar-refractivity contribution is 1.62. The van der Waals surface area contributed by atoms with Crippen molar-refractivity contribution in [3.05, 3.63) is 91.0 Å². The Kier molecular flexibility index (Phi) is 5.24. The Bertz CT molecular complexity index is 740. The van der Waals surface area contributed by atoms with Gasteiger partial charge < -0.3 is 4.41 Å². The van der Waals surface area contributed by atoms with E-state index in [2.05, 4.69) is 120 Å². The highest BCUT2D eigenvalue weighted by atomic mass is 79.9. The molecular weight excluding hydrogens is 393 g/mol. The fourth-order valence-electron chi connectivity index (χ4n) is 3.07. The summed E-state index contributed by atoms with van der Waals surface area (Å²) < 4.78 is 5.52. The smallest absolute Gasteiger partial charge is 0.272 e. The zero-order valence-corrected chi connectivity index (χ0v) is 17.4. The minimum Gasteiger partial charge on any atom is -0.311 e. The lowest BCUT2D eigenvalue weighted by atomic mass is 10.3. The van der Waals surface area contributed by atoms with E-state index in [0.717, 1.165) is 0 Å². The van der Waals surface area contributed by atoms with Crippen LogP contribution < -0.4 is 15.6 Å². The van der Waals surface area contributed by atoms with Gasteiger partial charge in [-0.1, -0.05) is 91.0 Å². The summed E-state index contributed by atoms with van der Waals surface area (Å²) in [5.74, 6) is -1.53. The first-order chi connectivity index (χ1) is 11.5. The molecule has 0 aliphatic heterocycles. The van der Waals surface area contributed by atoms with Crippen LogP contribution in [0.25, 0.3) is 0 Å². The molecule has 0 fully saturated rings. The van der Waals surface area contributed by atoms with Crippen molar-refractivity contribution in [2.45, 2.75) is 0 Å². The third kappa shape index (κ3) is 3.64. The molecule has 0 saturated carbocycles. The average molecular weight is 414 g/mol. The van der Waals surface area contributed by atoms with Gasteiger partial charge in [-0.05, 0) is 44.4 Å². The SMILES string of the molecule is CP(C)(Br)=N[Si](c1ccccc1)(c1ccccc1)c1ccccc1. The van der Waals surface area contributed by atoms with E-state index in [1.807, 2.05) is 0 Å². The maximum atomic E-state index is 5.52. The summed E-state index contributed by atoms with van der Waals surface area (Å²) in [7, 11) is -2.43. The van der Waals surface area contributed by atoms with E-state index in [9.17, 15) is 0 Å². The molecule has 24 heavy (non-hydrogen) atoms. The Morgan fingerprint density at radius 2 is 0.917 bits per heavy atom. The molecule has 0 saturated heterocycles. The molecule has 0 unspecified atom stereocenters. The molecular formula is C20H21BrNPSi. The number of nitrogens with zero attached hydrogens (tertiary/aromatic N) is 1. The standard InChI is InChI=1S/C20H21BrNPSi/c1-23(2,21)22-24(18-12-6-3-7-13-18,19-14-8-4-9-15-19)20-16-10-5-11-17-20/h3-17H,1-2H3. The van der Waals surface area contributed by atoms with E-state index < -0.39 is 14.0 Å². The monoisotopic (exact) mass is 413 g/mol. The van der Waals surface area contributed by atoms with Crippen molar-refractivity contribution in [1.29, 1.82) is 0 Å². The van der Waals surface area contributed by atoms with Crippen LogP contribution in [-0.2, 0) is 0 Å². The zero-order chi connectivity index (χ0) is 17.0. The van der Waals surface area contributed by atoms with Crippen LogP contribution in [-0.4, -0.2) is 21.6 Å². The highest BCUT2D eigenvalue weighted by Gasteiger charge is 2.40. The Morgan fingerprint density at radius 1 is 0.625 bits per heavy atom. The maximum absolute atomic E-state index is 5.52. The van der Waals surface area contributed by atoms with Crippen molar-refractivity contribution >= 4 is 45.0 Å². The van der Waals surface area contributed by atoms with Crippen molar-refractivity contribution < 1.29 is 0 Å². The summed E-state index contributed by atoms with van der Waals surface area (Å²) in [5, 5.41) is 3.99. The highest BCUT2D eigenvalue weighted by Crippen LogP contribution is 2.50. The largest absolute Gasteiger partial charge is 0.311 e. The zero-order valence-electron chi connectivity index (χ0n) is 13.9. The molecule has 0 N–H and O–H groups in total. The highest BCUT2D eigenvalue weighted by molar-refractivity contribution is 9.40. The minimum atomic E-state index is -2.43. The third-order valence-electron chi connectivity index (χ3n) is 3.96. The Balaban J connectivity index is 2.42. The van der Waals surface area contributed by atoms with Gasteiger partial charge in [-0.2, -0.15) is 0 Å². The lowest BCUT2D eigenvalue weighted by Crippen LogP contribution is -2.65. The van der Waals surface area contributed by atoms with E-state index in [1.54, 1.807) is 0 Å². The van der Waals surface area contributed by atoms with E-state index in [4.69, 9.17) is 4.41 Å². The number of halogens is 1. The molecule has 0 aromatic heterocycles. The van der Waals surface area contributed by atoms with Crippen molar-refractivity contribution in [3.63, 3.8) is 0 Å². The summed E-state index contributed by atoms with van der Waals surface area (Å²) in [4.78, 5) is 0. The molecule has 4 heteroatoms. The lowest BCUT2D eigenvalue weighted by Gasteiger charge is -2.31. The van der Waals surface area contributed by atoms with Crippen molar-refractivity contribution in [2.75, 3.05) is 13.3 Å². The Hall–Kier alpha value is -1.41. The molecule has 3 aromatic rings. The van der Waals surface area contributed by atoms with E-state index in [0.29, 0.717) is 0 Å². The third-order valence-corrected chi connectivity index (χ3v) is 12.0. The maximum Gasteiger partial charge on any atom is 0.272 e. The fourth-order valence-corrected chi connectivity index (χ4v) is 12.5.